The fourth-order valence-corrected chi connectivity index (χ4v) is 0.934. The SMILES string of the molecule is C=C1C(OCC)=CC=C(F)C1F. The molecule has 0 aliphatic heterocycles. The number of rotatable bonds is 2. The minimum Gasteiger partial charge on any atom is -0.493 e. The van der Waals surface area contributed by atoms with Crippen LogP contribution in [-0.4, -0.2) is 12.8 Å². The Hall–Kier alpha value is -1.12. The number of allylic oxidation sites excluding steroid dienone is 4. The van der Waals surface area contributed by atoms with Gasteiger partial charge < -0.3 is 4.74 Å². The average molecular weight is 172 g/mol. The van der Waals surface area contributed by atoms with Crippen molar-refractivity contribution >= 4 is 0 Å². The summed E-state index contributed by atoms with van der Waals surface area (Å²) in [4.78, 5) is 0. The highest BCUT2D eigenvalue weighted by Gasteiger charge is 2.23. The molecule has 0 saturated carbocycles. The summed E-state index contributed by atoms with van der Waals surface area (Å²) in [7, 11) is 0. The number of hydrogen-bond donors (Lipinski definition) is 0. The monoisotopic (exact) mass is 172 g/mol. The van der Waals surface area contributed by atoms with E-state index in [1.807, 2.05) is 0 Å². The number of ether oxygens (including phenoxy) is 1. The summed E-state index contributed by atoms with van der Waals surface area (Å²) >= 11 is 0. The topological polar surface area (TPSA) is 9.23 Å². The third-order valence-electron chi connectivity index (χ3n) is 1.56. The summed E-state index contributed by atoms with van der Waals surface area (Å²) in [6.45, 7) is 5.59. The zero-order chi connectivity index (χ0) is 9.14. The van der Waals surface area contributed by atoms with E-state index in [4.69, 9.17) is 4.74 Å². The van der Waals surface area contributed by atoms with Gasteiger partial charge in [-0.25, -0.2) is 8.78 Å². The zero-order valence-corrected chi connectivity index (χ0v) is 6.81. The van der Waals surface area contributed by atoms with E-state index in [1.165, 1.54) is 6.08 Å². The molecular weight excluding hydrogens is 162 g/mol. The van der Waals surface area contributed by atoms with Crippen molar-refractivity contribution in [1.29, 1.82) is 0 Å². The van der Waals surface area contributed by atoms with Crippen LogP contribution in [0.3, 0.4) is 0 Å². The Morgan fingerprint density at radius 1 is 1.58 bits per heavy atom. The predicted octanol–water partition coefficient (Wildman–Crippen LogP) is 2.67. The standard InChI is InChI=1S/C9H10F2O/c1-3-12-8-5-4-7(10)9(11)6(8)2/h4-5,9H,2-3H2,1H3. The summed E-state index contributed by atoms with van der Waals surface area (Å²) in [6, 6.07) is 0. The van der Waals surface area contributed by atoms with Crippen LogP contribution in [0.2, 0.25) is 0 Å². The zero-order valence-electron chi connectivity index (χ0n) is 6.81. The van der Waals surface area contributed by atoms with Crippen molar-refractivity contribution in [3.05, 3.63) is 35.9 Å². The highest BCUT2D eigenvalue weighted by Crippen LogP contribution is 2.27. The molecule has 0 amide bonds. The van der Waals surface area contributed by atoms with Crippen LogP contribution in [0.1, 0.15) is 6.92 Å². The Kier molecular flexibility index (Phi) is 2.63. The molecule has 3 heteroatoms. The summed E-state index contributed by atoms with van der Waals surface area (Å²) in [5.41, 5.74) is 0.0526. The molecule has 0 N–H and O–H groups in total. The van der Waals surface area contributed by atoms with E-state index >= 15 is 0 Å². The molecule has 0 bridgehead atoms. The first-order valence-electron chi connectivity index (χ1n) is 3.70. The lowest BCUT2D eigenvalue weighted by molar-refractivity contribution is 0.222. The molecule has 1 rings (SSSR count). The molecule has 0 aromatic carbocycles. The van der Waals surface area contributed by atoms with Gasteiger partial charge in [-0.3, -0.25) is 0 Å². The quantitative estimate of drug-likeness (QED) is 0.622. The normalized spacial score (nSPS) is 23.2. The molecule has 0 heterocycles. The van der Waals surface area contributed by atoms with Crippen LogP contribution >= 0.6 is 0 Å². The van der Waals surface area contributed by atoms with Gasteiger partial charge in [0.1, 0.15) is 11.6 Å². The van der Waals surface area contributed by atoms with Crippen molar-refractivity contribution in [2.75, 3.05) is 6.61 Å². The molecule has 12 heavy (non-hydrogen) atoms. The maximum atomic E-state index is 12.9. The van der Waals surface area contributed by atoms with Gasteiger partial charge in [0.2, 0.25) is 0 Å². The lowest BCUT2D eigenvalue weighted by atomic mass is 10.1. The molecular formula is C9H10F2O. The van der Waals surface area contributed by atoms with Gasteiger partial charge >= 0.3 is 0 Å². The van der Waals surface area contributed by atoms with Crippen molar-refractivity contribution in [2.45, 2.75) is 13.1 Å². The van der Waals surface area contributed by atoms with Crippen LogP contribution in [0.15, 0.2) is 35.9 Å². The largest absolute Gasteiger partial charge is 0.493 e. The van der Waals surface area contributed by atoms with Gasteiger partial charge in [-0.15, -0.1) is 0 Å². The second kappa shape index (κ2) is 3.52. The summed E-state index contributed by atoms with van der Waals surface area (Å²) in [5, 5.41) is 0. The molecule has 0 spiro atoms. The molecule has 1 unspecified atom stereocenters. The van der Waals surface area contributed by atoms with Gasteiger partial charge in [-0.2, -0.15) is 0 Å². The maximum absolute atomic E-state index is 12.9. The lowest BCUT2D eigenvalue weighted by Crippen LogP contribution is -2.12. The Balaban J connectivity index is 2.82. The maximum Gasteiger partial charge on any atom is 0.179 e. The van der Waals surface area contributed by atoms with E-state index in [1.54, 1.807) is 6.92 Å². The van der Waals surface area contributed by atoms with Crippen molar-refractivity contribution < 1.29 is 13.5 Å². The third kappa shape index (κ3) is 1.55. The molecule has 0 radical (unpaired) electrons. The summed E-state index contributed by atoms with van der Waals surface area (Å²) in [6.07, 6.45) is 0.707. The number of halogens is 2. The van der Waals surface area contributed by atoms with E-state index in [-0.39, 0.29) is 5.57 Å². The van der Waals surface area contributed by atoms with E-state index in [0.717, 1.165) is 6.08 Å². The predicted molar refractivity (Wildman–Crippen MR) is 42.9 cm³/mol. The number of hydrogen-bond acceptors (Lipinski definition) is 1. The Morgan fingerprint density at radius 2 is 2.25 bits per heavy atom. The molecule has 0 fully saturated rings. The summed E-state index contributed by atoms with van der Waals surface area (Å²) in [5.74, 6) is -0.491. The second-order valence-corrected chi connectivity index (χ2v) is 2.40. The number of alkyl halides is 1. The van der Waals surface area contributed by atoms with Crippen LogP contribution in [0.4, 0.5) is 8.78 Å². The molecule has 1 nitrogen and oxygen atoms in total. The van der Waals surface area contributed by atoms with E-state index in [9.17, 15) is 8.78 Å². The van der Waals surface area contributed by atoms with Crippen LogP contribution in [0.5, 0.6) is 0 Å². The summed E-state index contributed by atoms with van der Waals surface area (Å²) < 4.78 is 30.5. The highest BCUT2D eigenvalue weighted by molar-refractivity contribution is 5.39. The minimum atomic E-state index is -1.74. The molecule has 66 valence electrons. The molecule has 1 aliphatic carbocycles. The van der Waals surface area contributed by atoms with E-state index in [0.29, 0.717) is 12.4 Å². The van der Waals surface area contributed by atoms with Crippen LogP contribution in [-0.2, 0) is 4.74 Å². The second-order valence-electron chi connectivity index (χ2n) is 2.40. The molecule has 0 aromatic heterocycles. The van der Waals surface area contributed by atoms with Crippen LogP contribution in [0.25, 0.3) is 0 Å². The first-order valence-corrected chi connectivity index (χ1v) is 3.70. The van der Waals surface area contributed by atoms with Crippen molar-refractivity contribution in [2.24, 2.45) is 0 Å². The van der Waals surface area contributed by atoms with Crippen molar-refractivity contribution in [3.63, 3.8) is 0 Å². The van der Waals surface area contributed by atoms with Gasteiger partial charge in [0.15, 0.2) is 6.17 Å². The molecule has 0 aromatic rings. The average Bonchev–Trinajstić information content (AvgIpc) is 2.07. The van der Waals surface area contributed by atoms with Crippen molar-refractivity contribution in [1.82, 2.24) is 0 Å². The fraction of sp³-hybridized carbons (Fsp3) is 0.333. The Bertz CT molecular complexity index is 253. The fourth-order valence-electron chi connectivity index (χ4n) is 0.934. The lowest BCUT2D eigenvalue weighted by Gasteiger charge is -2.16. The van der Waals surface area contributed by atoms with Gasteiger partial charge in [0.25, 0.3) is 0 Å². The highest BCUT2D eigenvalue weighted by atomic mass is 19.2. The van der Waals surface area contributed by atoms with Gasteiger partial charge in [0, 0.05) is 5.57 Å². The smallest absolute Gasteiger partial charge is 0.179 e. The molecule has 1 aliphatic rings. The van der Waals surface area contributed by atoms with Crippen LogP contribution < -0.4 is 0 Å². The third-order valence-corrected chi connectivity index (χ3v) is 1.56. The van der Waals surface area contributed by atoms with E-state index < -0.39 is 12.0 Å². The molecule has 1 atom stereocenters. The van der Waals surface area contributed by atoms with Gasteiger partial charge in [0.05, 0.1) is 6.61 Å². The van der Waals surface area contributed by atoms with Gasteiger partial charge in [-0.1, -0.05) is 6.58 Å². The Morgan fingerprint density at radius 3 is 2.83 bits per heavy atom. The first-order chi connectivity index (χ1) is 5.66. The van der Waals surface area contributed by atoms with E-state index in [2.05, 4.69) is 6.58 Å². The molecule has 0 saturated heterocycles. The minimum absolute atomic E-state index is 0.0526. The Labute approximate surface area is 70.0 Å². The van der Waals surface area contributed by atoms with Gasteiger partial charge in [-0.05, 0) is 19.1 Å². The first kappa shape index (κ1) is 8.97. The van der Waals surface area contributed by atoms with Crippen LogP contribution in [0, 0.1) is 0 Å². The van der Waals surface area contributed by atoms with Crippen molar-refractivity contribution in [3.8, 4) is 0 Å².